The summed E-state index contributed by atoms with van der Waals surface area (Å²) in [5.41, 5.74) is 0. The van der Waals surface area contributed by atoms with E-state index in [9.17, 15) is 12.9 Å². The molecule has 0 nitrogen and oxygen atoms in total. The zero-order valence-electron chi connectivity index (χ0n) is 1.71. The standard InChI is InChI=1S/Al.BF3.Li.H2.4H/c;2-1(3)4;;;;;;/h;;;1H;;;;. The first-order valence-corrected chi connectivity index (χ1v) is 0.655. The summed E-state index contributed by atoms with van der Waals surface area (Å²) in [6.45, 7) is 0. The van der Waals surface area contributed by atoms with Gasteiger partial charge in [-0.1, -0.05) is 0 Å². The van der Waals surface area contributed by atoms with Crippen molar-refractivity contribution in [2.24, 2.45) is 0 Å². The van der Waals surface area contributed by atoms with Crippen LogP contribution in [-0.2, 0) is 0 Å². The summed E-state index contributed by atoms with van der Waals surface area (Å²) in [4.78, 5) is 0. The van der Waals surface area contributed by atoms with E-state index in [0.717, 1.165) is 0 Å². The summed E-state index contributed by atoms with van der Waals surface area (Å²) in [7, 11) is -3.67. The van der Waals surface area contributed by atoms with Gasteiger partial charge in [0.15, 0.2) is 17.4 Å². The van der Waals surface area contributed by atoms with Crippen molar-refractivity contribution in [3.63, 3.8) is 0 Å². The molecule has 6 heteroatoms. The molecule has 0 atom stereocenters. The Morgan fingerprint density at radius 3 is 1.17 bits per heavy atom. The van der Waals surface area contributed by atoms with Crippen LogP contribution in [0, 0.1) is 0 Å². The second-order valence-corrected chi connectivity index (χ2v) is 0.247. The van der Waals surface area contributed by atoms with Crippen molar-refractivity contribution in [2.45, 2.75) is 0 Å². The minimum absolute atomic E-state index is 0. The van der Waals surface area contributed by atoms with E-state index in [0.29, 0.717) is 0 Å². The van der Waals surface area contributed by atoms with Gasteiger partial charge < -0.3 is 0 Å². The fourth-order valence-electron chi connectivity index (χ4n) is 0. The zero-order valence-corrected chi connectivity index (χ0v) is 1.71. The first-order chi connectivity index (χ1) is 1.73. The molecule has 0 aliphatic carbocycles. The van der Waals surface area contributed by atoms with Crippen LogP contribution in [-0.4, -0.2) is 43.8 Å². The quantitative estimate of drug-likeness (QED) is 0.359. The van der Waals surface area contributed by atoms with Gasteiger partial charge in [-0.25, -0.2) is 0 Å². The molecule has 0 spiro atoms. The molecule has 0 saturated carbocycles. The molecule has 0 amide bonds. The van der Waals surface area contributed by atoms with Crippen LogP contribution >= 0.6 is 0 Å². The Labute approximate surface area is 58.5 Å². The Morgan fingerprint density at radius 2 is 1.17 bits per heavy atom. The average molecular weight is 108 g/mol. The first-order valence-electron chi connectivity index (χ1n) is 0.655. The SMILES string of the molecule is FB(F)F.[AlH3].[HH].[LiH]. The Kier molecular flexibility index (Phi) is 24.6. The Balaban J connectivity index is -0.0000000150. The fourth-order valence-corrected chi connectivity index (χ4v) is 0. The van der Waals surface area contributed by atoms with E-state index in [1.807, 2.05) is 0 Å². The summed E-state index contributed by atoms with van der Waals surface area (Å²) in [6.07, 6.45) is 0. The van der Waals surface area contributed by atoms with Crippen molar-refractivity contribution in [1.82, 2.24) is 0 Å². The van der Waals surface area contributed by atoms with Crippen LogP contribution in [0.15, 0.2) is 0 Å². The van der Waals surface area contributed by atoms with E-state index in [-0.39, 0.29) is 37.6 Å². The molecule has 0 aliphatic heterocycles. The molecule has 34 valence electrons. The van der Waals surface area contributed by atoms with Crippen LogP contribution in [0.2, 0.25) is 0 Å². The topological polar surface area (TPSA) is 0 Å². The van der Waals surface area contributed by atoms with Crippen LogP contribution < -0.4 is 0 Å². The van der Waals surface area contributed by atoms with Crippen molar-refractivity contribution < 1.29 is 14.4 Å². The van der Waals surface area contributed by atoms with Crippen LogP contribution in [0.1, 0.15) is 1.43 Å². The molecule has 6 heavy (non-hydrogen) atoms. The van der Waals surface area contributed by atoms with Crippen molar-refractivity contribution in [2.75, 3.05) is 0 Å². The predicted molar refractivity (Wildman–Crippen MR) is 28.3 cm³/mol. The number of hydrogen-bond donors (Lipinski definition) is 0. The molecular formula is H6AlBF3Li. The summed E-state index contributed by atoms with van der Waals surface area (Å²) in [5.74, 6) is 0. The van der Waals surface area contributed by atoms with Crippen LogP contribution in [0.25, 0.3) is 0 Å². The normalized spacial score (nSPS) is 4.50. The molecule has 0 bridgehead atoms. The van der Waals surface area contributed by atoms with Crippen LogP contribution in [0.4, 0.5) is 12.9 Å². The van der Waals surface area contributed by atoms with Crippen LogP contribution in [0.5, 0.6) is 0 Å². The fraction of sp³-hybridized carbons (Fsp3) is 0. The molecule has 0 aromatic heterocycles. The molecule has 0 aromatic carbocycles. The molecule has 0 unspecified atom stereocenters. The average Bonchev–Trinajstić information content (AvgIpc) is 0.811. The van der Waals surface area contributed by atoms with Gasteiger partial charge in [0.25, 0.3) is 0 Å². The van der Waals surface area contributed by atoms with E-state index in [1.165, 1.54) is 0 Å². The van der Waals surface area contributed by atoms with Gasteiger partial charge in [0, 0.05) is 1.43 Å². The Hall–Kier alpha value is 0.985. The summed E-state index contributed by atoms with van der Waals surface area (Å²) in [5, 5.41) is 0. The zero-order chi connectivity index (χ0) is 3.58. The molecule has 0 aromatic rings. The number of rotatable bonds is 0. The van der Waals surface area contributed by atoms with Gasteiger partial charge in [0.05, 0.1) is 0 Å². The maximum absolute atomic E-state index is 9.67. The molecule has 0 saturated heterocycles. The van der Waals surface area contributed by atoms with E-state index < -0.39 is 7.54 Å². The van der Waals surface area contributed by atoms with Gasteiger partial charge in [-0.15, -0.1) is 0 Å². The third-order valence-electron chi connectivity index (χ3n) is 0. The van der Waals surface area contributed by atoms with Crippen molar-refractivity contribution in [1.29, 1.82) is 0 Å². The predicted octanol–water partition coefficient (Wildman–Crippen LogP) is -0.707. The van der Waals surface area contributed by atoms with Gasteiger partial charge in [0.1, 0.15) is 0 Å². The first kappa shape index (κ1) is 15.8. The molecule has 0 aliphatic rings. The van der Waals surface area contributed by atoms with E-state index in [1.54, 1.807) is 0 Å². The molecule has 0 fully saturated rings. The summed E-state index contributed by atoms with van der Waals surface area (Å²) < 4.78 is 29.0. The third kappa shape index (κ3) is 81.6. The van der Waals surface area contributed by atoms with Gasteiger partial charge in [0.2, 0.25) is 0 Å². The van der Waals surface area contributed by atoms with Crippen molar-refractivity contribution >= 4 is 43.8 Å². The summed E-state index contributed by atoms with van der Waals surface area (Å²) >= 11 is 0. The summed E-state index contributed by atoms with van der Waals surface area (Å²) in [6, 6.07) is 0. The minimum atomic E-state index is -3.67. The Morgan fingerprint density at radius 1 is 1.17 bits per heavy atom. The van der Waals surface area contributed by atoms with Gasteiger partial charge >= 0.3 is 26.4 Å². The monoisotopic (exact) mass is 108 g/mol. The van der Waals surface area contributed by atoms with Crippen LogP contribution in [0.3, 0.4) is 0 Å². The molecule has 0 radical (unpaired) electrons. The molecular weight excluding hydrogens is 102 g/mol. The van der Waals surface area contributed by atoms with E-state index in [2.05, 4.69) is 0 Å². The van der Waals surface area contributed by atoms with E-state index in [4.69, 9.17) is 0 Å². The Bertz CT molecular complexity index is 19.7. The van der Waals surface area contributed by atoms with E-state index >= 15 is 0 Å². The molecule has 0 N–H and O–H groups in total. The van der Waals surface area contributed by atoms with Gasteiger partial charge in [-0.2, -0.15) is 0 Å². The van der Waals surface area contributed by atoms with Crippen molar-refractivity contribution in [3.05, 3.63) is 0 Å². The third-order valence-corrected chi connectivity index (χ3v) is 0. The molecule has 0 heterocycles. The van der Waals surface area contributed by atoms with Gasteiger partial charge in [-0.05, 0) is 0 Å². The van der Waals surface area contributed by atoms with Crippen molar-refractivity contribution in [3.8, 4) is 0 Å². The molecule has 0 rings (SSSR count). The second kappa shape index (κ2) is 9.37. The maximum atomic E-state index is 9.67. The number of halogens is 3. The van der Waals surface area contributed by atoms with Gasteiger partial charge in [-0.3, -0.25) is 12.9 Å². The second-order valence-electron chi connectivity index (χ2n) is 0.247. The number of hydrogen-bond acceptors (Lipinski definition) is 0.